The van der Waals surface area contributed by atoms with Crippen LogP contribution in [0.3, 0.4) is 0 Å². The monoisotopic (exact) mass is 593 g/mol. The van der Waals surface area contributed by atoms with E-state index in [1.807, 2.05) is 11.3 Å². The SMILES string of the molecule is CC1(C)c2cc(-c3nc(-c4cccc5ccccc45)nc4ccccc34)ccc2-n2c3c1cccc3c1sc3ccccc3c12. The van der Waals surface area contributed by atoms with Gasteiger partial charge in [0, 0.05) is 37.4 Å². The van der Waals surface area contributed by atoms with Gasteiger partial charge in [-0.1, -0.05) is 117 Å². The minimum atomic E-state index is -0.196. The molecule has 0 bridgehead atoms. The number of hydrogen-bond donors (Lipinski definition) is 0. The molecular formula is C41H27N3S. The molecule has 0 atom stereocenters. The van der Waals surface area contributed by atoms with Crippen LogP contribution in [0.5, 0.6) is 0 Å². The fraction of sp³-hybridized carbons (Fsp3) is 0.0732. The highest BCUT2D eigenvalue weighted by atomic mass is 32.1. The van der Waals surface area contributed by atoms with Crippen LogP contribution in [0.15, 0.2) is 127 Å². The van der Waals surface area contributed by atoms with Gasteiger partial charge in [-0.05, 0) is 46.2 Å². The second-order valence-corrected chi connectivity index (χ2v) is 13.7. The Morgan fingerprint density at radius 3 is 2.24 bits per heavy atom. The Kier molecular flexibility index (Phi) is 4.94. The zero-order valence-corrected chi connectivity index (χ0v) is 25.7. The first-order chi connectivity index (χ1) is 22.1. The number of benzene rings is 6. The number of thiophene rings is 1. The molecule has 1 aliphatic heterocycles. The van der Waals surface area contributed by atoms with E-state index in [2.05, 4.69) is 146 Å². The average Bonchev–Trinajstić information content (AvgIpc) is 3.62. The molecule has 45 heavy (non-hydrogen) atoms. The molecule has 6 aromatic carbocycles. The molecule has 0 aliphatic carbocycles. The molecule has 0 N–H and O–H groups in total. The first-order valence-corrected chi connectivity index (χ1v) is 16.2. The maximum Gasteiger partial charge on any atom is 0.161 e. The summed E-state index contributed by atoms with van der Waals surface area (Å²) >= 11 is 1.90. The van der Waals surface area contributed by atoms with Crippen LogP contribution in [-0.2, 0) is 5.41 Å². The van der Waals surface area contributed by atoms with Gasteiger partial charge in [-0.25, -0.2) is 9.97 Å². The van der Waals surface area contributed by atoms with Gasteiger partial charge in [-0.3, -0.25) is 0 Å². The van der Waals surface area contributed by atoms with Gasteiger partial charge in [0.05, 0.1) is 32.6 Å². The van der Waals surface area contributed by atoms with Crippen molar-refractivity contribution in [3.05, 3.63) is 139 Å². The molecule has 9 aromatic rings. The van der Waals surface area contributed by atoms with E-state index >= 15 is 0 Å². The lowest BCUT2D eigenvalue weighted by atomic mass is 9.74. The van der Waals surface area contributed by atoms with Crippen molar-refractivity contribution in [3.8, 4) is 28.3 Å². The smallest absolute Gasteiger partial charge is 0.161 e. The summed E-state index contributed by atoms with van der Waals surface area (Å²) in [5, 5.41) is 6.06. The summed E-state index contributed by atoms with van der Waals surface area (Å²) in [5.74, 6) is 0.751. The normalized spacial score (nSPS) is 13.7. The van der Waals surface area contributed by atoms with Gasteiger partial charge in [0.2, 0.25) is 0 Å². The quantitative estimate of drug-likeness (QED) is 0.200. The van der Waals surface area contributed by atoms with Crippen molar-refractivity contribution in [3.63, 3.8) is 0 Å². The van der Waals surface area contributed by atoms with Crippen LogP contribution in [0.25, 0.3) is 81.2 Å². The third-order valence-electron chi connectivity index (χ3n) is 9.79. The number of hydrogen-bond acceptors (Lipinski definition) is 3. The largest absolute Gasteiger partial charge is 0.307 e. The Morgan fingerprint density at radius 2 is 1.33 bits per heavy atom. The molecule has 0 spiro atoms. The Morgan fingerprint density at radius 1 is 0.600 bits per heavy atom. The molecule has 3 nitrogen and oxygen atoms in total. The Bertz CT molecular complexity index is 2690. The molecular weight excluding hydrogens is 567 g/mol. The Hall–Kier alpha value is -5.32. The van der Waals surface area contributed by atoms with Crippen molar-refractivity contribution in [2.24, 2.45) is 0 Å². The number of rotatable bonds is 2. The molecule has 3 aromatic heterocycles. The van der Waals surface area contributed by atoms with Crippen LogP contribution in [0.1, 0.15) is 25.0 Å². The summed E-state index contributed by atoms with van der Waals surface area (Å²) in [4.78, 5) is 10.4. The summed E-state index contributed by atoms with van der Waals surface area (Å²) in [6.07, 6.45) is 0. The number of aromatic nitrogens is 3. The zero-order valence-electron chi connectivity index (χ0n) is 24.9. The molecule has 10 rings (SSSR count). The second-order valence-electron chi connectivity index (χ2n) is 12.6. The maximum absolute atomic E-state index is 5.33. The summed E-state index contributed by atoms with van der Waals surface area (Å²) in [5.41, 5.74) is 10.4. The molecule has 0 fully saturated rings. The van der Waals surface area contributed by atoms with Crippen molar-refractivity contribution < 1.29 is 0 Å². The van der Waals surface area contributed by atoms with Crippen LogP contribution in [0.4, 0.5) is 0 Å². The average molecular weight is 594 g/mol. The molecule has 0 amide bonds. The predicted molar refractivity (Wildman–Crippen MR) is 190 cm³/mol. The first kappa shape index (κ1) is 25.1. The van der Waals surface area contributed by atoms with Crippen LogP contribution in [0.2, 0.25) is 0 Å². The lowest BCUT2D eigenvalue weighted by Crippen LogP contribution is -2.26. The number of para-hydroxylation sites is 2. The van der Waals surface area contributed by atoms with Crippen LogP contribution < -0.4 is 0 Å². The van der Waals surface area contributed by atoms with E-state index in [9.17, 15) is 0 Å². The Labute approximate surface area is 264 Å². The molecule has 1 aliphatic rings. The van der Waals surface area contributed by atoms with E-state index in [1.54, 1.807) is 0 Å². The van der Waals surface area contributed by atoms with Crippen molar-refractivity contribution in [2.45, 2.75) is 19.3 Å². The topological polar surface area (TPSA) is 30.7 Å². The Balaban J connectivity index is 1.26. The minimum Gasteiger partial charge on any atom is -0.307 e. The lowest BCUT2D eigenvalue weighted by Gasteiger charge is -2.35. The molecule has 0 unspecified atom stereocenters. The third-order valence-corrected chi connectivity index (χ3v) is 11.0. The minimum absolute atomic E-state index is 0.196. The van der Waals surface area contributed by atoms with Crippen molar-refractivity contribution in [2.75, 3.05) is 0 Å². The van der Waals surface area contributed by atoms with Crippen molar-refractivity contribution >= 4 is 64.2 Å². The van der Waals surface area contributed by atoms with E-state index in [0.29, 0.717) is 0 Å². The fourth-order valence-corrected chi connectivity index (χ4v) is 8.84. The maximum atomic E-state index is 5.33. The van der Waals surface area contributed by atoms with Gasteiger partial charge in [0.25, 0.3) is 0 Å². The van der Waals surface area contributed by atoms with E-state index in [4.69, 9.17) is 9.97 Å². The fourth-order valence-electron chi connectivity index (χ4n) is 7.62. The summed E-state index contributed by atoms with van der Waals surface area (Å²) in [7, 11) is 0. The van der Waals surface area contributed by atoms with E-state index < -0.39 is 0 Å². The highest BCUT2D eigenvalue weighted by Crippen LogP contribution is 2.51. The van der Waals surface area contributed by atoms with Gasteiger partial charge in [0.15, 0.2) is 5.82 Å². The van der Waals surface area contributed by atoms with Crippen molar-refractivity contribution in [1.29, 1.82) is 0 Å². The predicted octanol–water partition coefficient (Wildman–Crippen LogP) is 11.1. The summed E-state index contributed by atoms with van der Waals surface area (Å²) < 4.78 is 5.22. The first-order valence-electron chi connectivity index (χ1n) is 15.4. The summed E-state index contributed by atoms with van der Waals surface area (Å²) in [6.45, 7) is 4.74. The summed E-state index contributed by atoms with van der Waals surface area (Å²) in [6, 6.07) is 45.9. The third kappa shape index (κ3) is 3.35. The number of nitrogens with zero attached hydrogens (tertiary/aromatic N) is 3. The van der Waals surface area contributed by atoms with Gasteiger partial charge in [-0.15, -0.1) is 11.3 Å². The van der Waals surface area contributed by atoms with E-state index in [0.717, 1.165) is 38.9 Å². The molecule has 0 saturated carbocycles. The van der Waals surface area contributed by atoms with Crippen LogP contribution in [0, 0.1) is 0 Å². The molecule has 0 radical (unpaired) electrons. The van der Waals surface area contributed by atoms with Crippen LogP contribution >= 0.6 is 11.3 Å². The number of fused-ring (bicyclic) bond motifs is 9. The molecule has 0 saturated heterocycles. The van der Waals surface area contributed by atoms with Crippen LogP contribution in [-0.4, -0.2) is 14.5 Å². The highest BCUT2D eigenvalue weighted by Gasteiger charge is 2.36. The zero-order chi connectivity index (χ0) is 29.9. The molecule has 4 heterocycles. The molecule has 212 valence electrons. The second kappa shape index (κ2) is 8.87. The standard InChI is InChI=1S/C41H27N3S/c1-41(2)31-18-10-17-30-37(31)44(38-29-15-6-8-20-35(29)45-39(30)38)34-22-21-25(23-32(34)41)36-28-14-5-7-19-33(28)42-40(43-36)27-16-9-12-24-11-3-4-13-26(24)27/h3-23H,1-2H3. The van der Waals surface area contributed by atoms with Gasteiger partial charge in [-0.2, -0.15) is 0 Å². The van der Waals surface area contributed by atoms with Gasteiger partial charge >= 0.3 is 0 Å². The highest BCUT2D eigenvalue weighted by molar-refractivity contribution is 7.26. The van der Waals surface area contributed by atoms with Gasteiger partial charge in [0.1, 0.15) is 0 Å². The van der Waals surface area contributed by atoms with E-state index in [1.165, 1.54) is 53.4 Å². The van der Waals surface area contributed by atoms with E-state index in [-0.39, 0.29) is 5.41 Å². The van der Waals surface area contributed by atoms with Crippen molar-refractivity contribution in [1.82, 2.24) is 14.5 Å². The van der Waals surface area contributed by atoms with Gasteiger partial charge < -0.3 is 4.57 Å². The lowest BCUT2D eigenvalue weighted by molar-refractivity contribution is 0.630. The molecule has 4 heteroatoms.